The van der Waals surface area contributed by atoms with Crippen molar-refractivity contribution >= 4 is 35.0 Å². The highest BCUT2D eigenvalue weighted by molar-refractivity contribution is 6.33. The van der Waals surface area contributed by atoms with Gasteiger partial charge in [0.15, 0.2) is 0 Å². The fraction of sp³-hybridized carbons (Fsp3) is 0.276. The molecule has 0 radical (unpaired) electrons. The highest BCUT2D eigenvalue weighted by Crippen LogP contribution is 2.21. The maximum absolute atomic E-state index is 12.9. The fourth-order valence-corrected chi connectivity index (χ4v) is 4.11. The Bertz CT molecular complexity index is 1180. The SMILES string of the molecule is CCN(CC)CCNC(=O)c1ccc(NC(=O)C[C@@H](NC(=O)c2ccccc2Cl)c2ccccc2)cc1. The summed E-state index contributed by atoms with van der Waals surface area (Å²) >= 11 is 6.18. The van der Waals surface area contributed by atoms with Gasteiger partial charge in [0.25, 0.3) is 11.8 Å². The van der Waals surface area contributed by atoms with E-state index < -0.39 is 6.04 Å². The number of rotatable bonds is 12. The number of hydrogen-bond acceptors (Lipinski definition) is 4. The maximum Gasteiger partial charge on any atom is 0.253 e. The number of carbonyl (C=O) groups excluding carboxylic acids is 3. The van der Waals surface area contributed by atoms with Crippen LogP contribution in [0.4, 0.5) is 5.69 Å². The second-order valence-electron chi connectivity index (χ2n) is 8.53. The van der Waals surface area contributed by atoms with E-state index in [1.165, 1.54) is 0 Å². The van der Waals surface area contributed by atoms with Gasteiger partial charge in [0.05, 0.1) is 23.0 Å². The number of benzene rings is 3. The summed E-state index contributed by atoms with van der Waals surface area (Å²) < 4.78 is 0. The van der Waals surface area contributed by atoms with E-state index in [9.17, 15) is 14.4 Å². The molecule has 194 valence electrons. The predicted octanol–water partition coefficient (Wildman–Crippen LogP) is 4.91. The van der Waals surface area contributed by atoms with Gasteiger partial charge in [-0.25, -0.2) is 0 Å². The van der Waals surface area contributed by atoms with Gasteiger partial charge in [0.2, 0.25) is 5.91 Å². The third kappa shape index (κ3) is 8.44. The summed E-state index contributed by atoms with van der Waals surface area (Å²) in [5.41, 5.74) is 2.23. The Morgan fingerprint density at radius 3 is 2.14 bits per heavy atom. The molecule has 0 spiro atoms. The Balaban J connectivity index is 1.60. The van der Waals surface area contributed by atoms with Crippen molar-refractivity contribution < 1.29 is 14.4 Å². The maximum atomic E-state index is 12.9. The van der Waals surface area contributed by atoms with Crippen LogP contribution >= 0.6 is 11.6 Å². The minimum absolute atomic E-state index is 0.0216. The van der Waals surface area contributed by atoms with Gasteiger partial charge in [0, 0.05) is 24.3 Å². The van der Waals surface area contributed by atoms with Crippen LogP contribution in [0.15, 0.2) is 78.9 Å². The number of amides is 3. The van der Waals surface area contributed by atoms with Crippen LogP contribution in [0.5, 0.6) is 0 Å². The van der Waals surface area contributed by atoms with E-state index in [4.69, 9.17) is 11.6 Å². The Hall–Kier alpha value is -3.68. The monoisotopic (exact) mass is 520 g/mol. The number of nitrogens with one attached hydrogen (secondary N) is 3. The first-order valence-electron chi connectivity index (χ1n) is 12.4. The van der Waals surface area contributed by atoms with Crippen LogP contribution < -0.4 is 16.0 Å². The summed E-state index contributed by atoms with van der Waals surface area (Å²) in [5.74, 6) is -0.787. The van der Waals surface area contributed by atoms with Gasteiger partial charge in [-0.3, -0.25) is 14.4 Å². The van der Waals surface area contributed by atoms with E-state index in [1.54, 1.807) is 48.5 Å². The zero-order valence-corrected chi connectivity index (χ0v) is 21.9. The van der Waals surface area contributed by atoms with Crippen molar-refractivity contribution in [1.29, 1.82) is 0 Å². The minimum atomic E-state index is -0.555. The normalized spacial score (nSPS) is 11.6. The molecular formula is C29H33ClN4O3. The molecule has 0 bridgehead atoms. The lowest BCUT2D eigenvalue weighted by Crippen LogP contribution is -2.34. The summed E-state index contributed by atoms with van der Waals surface area (Å²) in [6.07, 6.45) is 0.0216. The molecule has 37 heavy (non-hydrogen) atoms. The van der Waals surface area contributed by atoms with Crippen LogP contribution in [-0.4, -0.2) is 48.8 Å². The molecule has 3 amide bonds. The van der Waals surface area contributed by atoms with Gasteiger partial charge < -0.3 is 20.9 Å². The number of carbonyl (C=O) groups is 3. The van der Waals surface area contributed by atoms with Crippen molar-refractivity contribution in [3.63, 3.8) is 0 Å². The third-order valence-electron chi connectivity index (χ3n) is 6.05. The lowest BCUT2D eigenvalue weighted by Gasteiger charge is -2.19. The first-order chi connectivity index (χ1) is 17.9. The molecule has 0 aromatic heterocycles. The molecule has 3 aromatic rings. The first kappa shape index (κ1) is 27.9. The van der Waals surface area contributed by atoms with Crippen LogP contribution in [0.3, 0.4) is 0 Å². The second kappa shape index (κ2) is 14.2. The number of anilines is 1. The van der Waals surface area contributed by atoms with E-state index in [0.29, 0.717) is 28.4 Å². The molecule has 0 heterocycles. The van der Waals surface area contributed by atoms with Crippen LogP contribution in [0.25, 0.3) is 0 Å². The minimum Gasteiger partial charge on any atom is -0.351 e. The summed E-state index contributed by atoms with van der Waals surface area (Å²) in [6.45, 7) is 7.42. The van der Waals surface area contributed by atoms with Crippen LogP contribution in [-0.2, 0) is 4.79 Å². The average molecular weight is 521 g/mol. The molecular weight excluding hydrogens is 488 g/mol. The van der Waals surface area contributed by atoms with E-state index >= 15 is 0 Å². The zero-order chi connectivity index (χ0) is 26.6. The highest BCUT2D eigenvalue weighted by Gasteiger charge is 2.20. The molecule has 0 saturated carbocycles. The highest BCUT2D eigenvalue weighted by atomic mass is 35.5. The van der Waals surface area contributed by atoms with Gasteiger partial charge in [-0.1, -0.05) is 67.9 Å². The molecule has 0 aliphatic rings. The summed E-state index contributed by atoms with van der Waals surface area (Å²) in [4.78, 5) is 40.4. The van der Waals surface area contributed by atoms with Gasteiger partial charge in [0.1, 0.15) is 0 Å². The lowest BCUT2D eigenvalue weighted by molar-refractivity contribution is -0.116. The van der Waals surface area contributed by atoms with E-state index in [2.05, 4.69) is 34.7 Å². The van der Waals surface area contributed by atoms with Crippen LogP contribution in [0.1, 0.15) is 52.6 Å². The van der Waals surface area contributed by atoms with Crippen LogP contribution in [0, 0.1) is 0 Å². The fourth-order valence-electron chi connectivity index (χ4n) is 3.89. The summed E-state index contributed by atoms with van der Waals surface area (Å²) in [7, 11) is 0. The topological polar surface area (TPSA) is 90.5 Å². The lowest BCUT2D eigenvalue weighted by atomic mass is 10.0. The van der Waals surface area contributed by atoms with Gasteiger partial charge in [-0.15, -0.1) is 0 Å². The van der Waals surface area contributed by atoms with Crippen molar-refractivity contribution in [3.05, 3.63) is 101 Å². The number of nitrogens with zero attached hydrogens (tertiary/aromatic N) is 1. The Kier molecular flexibility index (Phi) is 10.7. The van der Waals surface area contributed by atoms with Crippen molar-refractivity contribution in [2.75, 3.05) is 31.5 Å². The molecule has 0 saturated heterocycles. The smallest absolute Gasteiger partial charge is 0.253 e. The van der Waals surface area contributed by atoms with E-state index in [0.717, 1.165) is 25.2 Å². The van der Waals surface area contributed by atoms with Crippen molar-refractivity contribution in [3.8, 4) is 0 Å². The largest absolute Gasteiger partial charge is 0.351 e. The molecule has 0 aliphatic heterocycles. The van der Waals surface area contributed by atoms with Gasteiger partial charge >= 0.3 is 0 Å². The summed E-state index contributed by atoms with van der Waals surface area (Å²) in [6, 6.07) is 22.3. The quantitative estimate of drug-likeness (QED) is 0.316. The number of hydrogen-bond donors (Lipinski definition) is 3. The van der Waals surface area contributed by atoms with Gasteiger partial charge in [-0.2, -0.15) is 0 Å². The Morgan fingerprint density at radius 1 is 0.838 bits per heavy atom. The average Bonchev–Trinajstić information content (AvgIpc) is 2.91. The van der Waals surface area contributed by atoms with E-state index in [1.807, 2.05) is 30.3 Å². The van der Waals surface area contributed by atoms with Crippen LogP contribution in [0.2, 0.25) is 5.02 Å². The Morgan fingerprint density at radius 2 is 1.49 bits per heavy atom. The number of halogens is 1. The zero-order valence-electron chi connectivity index (χ0n) is 21.2. The van der Waals surface area contributed by atoms with Crippen molar-refractivity contribution in [2.24, 2.45) is 0 Å². The molecule has 1 atom stereocenters. The molecule has 0 fully saturated rings. The molecule has 0 aliphatic carbocycles. The number of likely N-dealkylation sites (N-methyl/N-ethyl adjacent to an activating group) is 1. The molecule has 3 aromatic carbocycles. The first-order valence-corrected chi connectivity index (χ1v) is 12.8. The molecule has 3 rings (SSSR count). The summed E-state index contributed by atoms with van der Waals surface area (Å²) in [5, 5.41) is 9.04. The van der Waals surface area contributed by atoms with E-state index in [-0.39, 0.29) is 24.1 Å². The van der Waals surface area contributed by atoms with Crippen molar-refractivity contribution in [2.45, 2.75) is 26.3 Å². The molecule has 7 nitrogen and oxygen atoms in total. The van der Waals surface area contributed by atoms with Gasteiger partial charge in [-0.05, 0) is 55.1 Å². The molecule has 3 N–H and O–H groups in total. The second-order valence-corrected chi connectivity index (χ2v) is 8.94. The standard InChI is InChI=1S/C29H33ClN4O3/c1-3-34(4-2)19-18-31-28(36)22-14-16-23(17-15-22)32-27(35)20-26(21-10-6-5-7-11-21)33-29(37)24-12-8-9-13-25(24)30/h5-17,26H,3-4,18-20H2,1-2H3,(H,31,36)(H,32,35)(H,33,37)/t26-/m1/s1. The molecule has 8 heteroatoms. The Labute approximate surface area is 223 Å². The third-order valence-corrected chi connectivity index (χ3v) is 6.38. The molecule has 0 unspecified atom stereocenters. The predicted molar refractivity (Wildman–Crippen MR) is 148 cm³/mol. The van der Waals surface area contributed by atoms with Crippen molar-refractivity contribution in [1.82, 2.24) is 15.5 Å².